The molecule has 1 amide bonds. The minimum Gasteiger partial charge on any atom is -0.394 e. The summed E-state index contributed by atoms with van der Waals surface area (Å²) < 4.78 is 151. The number of amides is 1. The summed E-state index contributed by atoms with van der Waals surface area (Å²) in [7, 11) is -9.77. The fraction of sp³-hybridized carbons (Fsp3) is 0.883. The molecule has 11 fully saturated rings. The Balaban J connectivity index is 0.711. The van der Waals surface area contributed by atoms with Crippen molar-refractivity contribution in [2.75, 3.05) is 19.8 Å². The Morgan fingerprint density at radius 2 is 1.30 bits per heavy atom. The summed E-state index contributed by atoms with van der Waals surface area (Å²) in [5.74, 6) is -0.449. The first-order chi connectivity index (χ1) is 41.2. The van der Waals surface area contributed by atoms with E-state index in [1.165, 1.54) is 6.92 Å². The molecule has 0 aromatic carbocycles. The maximum atomic E-state index is 12.4. The van der Waals surface area contributed by atoms with Crippen LogP contribution >= 0.6 is 0 Å². The molecular weight excluding hydrogens is 1200 g/mol. The van der Waals surface area contributed by atoms with Gasteiger partial charge < -0.3 is 83.0 Å². The summed E-state index contributed by atoms with van der Waals surface area (Å²) in [6, 6.07) is 0. The largest absolute Gasteiger partial charge is 0.397 e. The Morgan fingerprint density at radius 1 is 0.716 bits per heavy atom. The zero-order valence-corrected chi connectivity index (χ0v) is 52.7. The number of nitrogens with one attached hydrogen (secondary N) is 1. The molecule has 0 saturated carbocycles. The van der Waals surface area contributed by atoms with E-state index in [2.05, 4.69) is 43.4 Å². The first-order valence-electron chi connectivity index (χ1n) is 31.5. The van der Waals surface area contributed by atoms with Crippen molar-refractivity contribution in [3.63, 3.8) is 0 Å². The fourth-order valence-corrected chi connectivity index (χ4v) is 17.2. The van der Waals surface area contributed by atoms with Crippen molar-refractivity contribution in [1.82, 2.24) is 5.32 Å². The molecule has 0 bridgehead atoms. The van der Waals surface area contributed by atoms with Crippen LogP contribution in [0.1, 0.15) is 144 Å². The average molecular weight is 1290 g/mol. The van der Waals surface area contributed by atoms with Gasteiger partial charge in [-0.15, -0.1) is 0 Å². The van der Waals surface area contributed by atoms with Crippen LogP contribution in [0.15, 0.2) is 36.5 Å². The molecule has 11 rings (SSSR count). The quantitative estimate of drug-likeness (QED) is 0.0589. The van der Waals surface area contributed by atoms with Gasteiger partial charge in [-0.05, 0) is 91.1 Å². The van der Waals surface area contributed by atoms with Gasteiger partial charge in [0, 0.05) is 57.9 Å². The van der Waals surface area contributed by atoms with Crippen LogP contribution in [-0.4, -0.2) is 239 Å². The van der Waals surface area contributed by atoms with Gasteiger partial charge in [-0.25, -0.2) is 8.37 Å². The SMILES string of the molecule is C=C(C=CCC(C)(O)C1OC2CC3OC4CC5OC6CC7OC8CC9OC%10CC%11OC(C)(CCOS(=O)(=O)O)C(OS(=O)(=O)O)CC%11OC%10CC9OC8CCC7(C)OC6(C)CCC(C)C5OC4C(O)C3(C)OC2CC1=C)CC(O)CC(=O)NCC(O)CO. The second kappa shape index (κ2) is 25.5. The molecular formula is C60H93NO25S2. The van der Waals surface area contributed by atoms with Crippen LogP contribution in [0.5, 0.6) is 0 Å². The van der Waals surface area contributed by atoms with Crippen molar-refractivity contribution in [2.24, 2.45) is 5.92 Å². The normalized spacial score (nSPS) is 47.3. The molecule has 8 N–H and O–H groups in total. The van der Waals surface area contributed by atoms with Crippen molar-refractivity contribution in [3.05, 3.63) is 36.5 Å². The van der Waals surface area contributed by atoms with Gasteiger partial charge in [-0.3, -0.25) is 13.9 Å². The molecule has 28 unspecified atom stereocenters. The highest BCUT2D eigenvalue weighted by Gasteiger charge is 2.65. The topological polar surface area (TPSA) is 359 Å². The third-order valence-corrected chi connectivity index (χ3v) is 22.1. The molecule has 0 spiro atoms. The molecule has 0 aromatic rings. The first kappa shape index (κ1) is 67.2. The number of hydrogen-bond donors (Lipinski definition) is 8. The van der Waals surface area contributed by atoms with Crippen molar-refractivity contribution in [1.29, 1.82) is 0 Å². The molecule has 88 heavy (non-hydrogen) atoms. The van der Waals surface area contributed by atoms with Crippen LogP contribution in [0.4, 0.5) is 0 Å². The molecule has 0 radical (unpaired) electrons. The minimum absolute atomic E-state index is 0.0123. The van der Waals surface area contributed by atoms with Crippen LogP contribution in [0.2, 0.25) is 0 Å². The zero-order chi connectivity index (χ0) is 63.3. The Kier molecular flexibility index (Phi) is 19.5. The first-order valence-corrected chi connectivity index (χ1v) is 34.2. The standard InChI is InChI=1S/C60H93NO25S2/c1-30(18-33(63)20-51(65)61-28-34(64)29-62)10-9-13-56(4,67)55-32(3)19-43-42(81-55)26-50-60(8,84-43)54(66)53-46(80-50)24-45-52(82-53)31(2)11-14-58(6)48(79-45)27-47-59(7,86-58)15-12-35-36(78-47)21-38-37(75-35)22-39-40(76-38)23-44-41(77-39)25-49(85-88(71,72)73)57(5,83-44)16-17-74-87(68,69)70/h9-10,31,33-50,52-55,62-64,66-67H,1,3,11-29H2,2,4-8H3,(H,61,65)(H,68,69,70)(H,71,72,73). The number of carbonyl (C=O) groups is 1. The number of aliphatic hydroxyl groups is 5. The molecule has 0 aliphatic carbocycles. The Labute approximate surface area is 515 Å². The van der Waals surface area contributed by atoms with Gasteiger partial charge in [0.1, 0.15) is 30.0 Å². The van der Waals surface area contributed by atoms with Crippen molar-refractivity contribution < 1.29 is 117 Å². The number of fused-ring (bicyclic) bond motifs is 10. The number of rotatable bonds is 17. The third-order valence-electron chi connectivity index (χ3n) is 21.1. The van der Waals surface area contributed by atoms with Crippen LogP contribution in [0.25, 0.3) is 0 Å². The molecule has 0 aromatic heterocycles. The van der Waals surface area contributed by atoms with E-state index >= 15 is 0 Å². The smallest absolute Gasteiger partial charge is 0.394 e. The van der Waals surface area contributed by atoms with Gasteiger partial charge >= 0.3 is 20.8 Å². The Bertz CT molecular complexity index is 2810. The van der Waals surface area contributed by atoms with E-state index in [1.54, 1.807) is 19.1 Å². The highest BCUT2D eigenvalue weighted by molar-refractivity contribution is 7.81. The summed E-state index contributed by atoms with van der Waals surface area (Å²) in [6.45, 7) is 18.6. The summed E-state index contributed by atoms with van der Waals surface area (Å²) in [4.78, 5) is 12.2. The van der Waals surface area contributed by atoms with E-state index in [-0.39, 0.29) is 81.2 Å². The maximum absolute atomic E-state index is 12.4. The molecule has 28 atom stereocenters. The van der Waals surface area contributed by atoms with Crippen LogP contribution in [0.3, 0.4) is 0 Å². The van der Waals surface area contributed by atoms with Crippen molar-refractivity contribution in [3.8, 4) is 0 Å². The molecule has 28 heteroatoms. The zero-order valence-electron chi connectivity index (χ0n) is 51.1. The van der Waals surface area contributed by atoms with Gasteiger partial charge in [-0.1, -0.05) is 37.8 Å². The number of hydrogen-bond acceptors (Lipinski definition) is 23. The van der Waals surface area contributed by atoms with Gasteiger partial charge in [0.15, 0.2) is 0 Å². The Morgan fingerprint density at radius 3 is 1.95 bits per heavy atom. The van der Waals surface area contributed by atoms with Gasteiger partial charge in [0.05, 0.1) is 152 Å². The highest BCUT2D eigenvalue weighted by Crippen LogP contribution is 2.54. The fourth-order valence-electron chi connectivity index (χ4n) is 16.3. The van der Waals surface area contributed by atoms with E-state index in [0.29, 0.717) is 75.4 Å². The molecule has 11 heterocycles. The third kappa shape index (κ3) is 14.2. The number of allylic oxidation sites excluding steroid dienone is 1. The molecule has 26 nitrogen and oxygen atoms in total. The summed E-state index contributed by atoms with van der Waals surface area (Å²) in [6.07, 6.45) is -3.97. The predicted octanol–water partition coefficient (Wildman–Crippen LogP) is 2.48. The second-order valence-corrected chi connectivity index (χ2v) is 30.3. The maximum Gasteiger partial charge on any atom is 0.397 e. The Hall–Kier alpha value is -2.21. The summed E-state index contributed by atoms with van der Waals surface area (Å²) in [5.41, 5.74) is -4.23. The number of aliphatic hydroxyl groups excluding tert-OH is 4. The highest BCUT2D eigenvalue weighted by atomic mass is 32.3. The summed E-state index contributed by atoms with van der Waals surface area (Å²) >= 11 is 0. The molecule has 11 aliphatic rings. The van der Waals surface area contributed by atoms with Crippen LogP contribution < -0.4 is 5.32 Å². The molecule has 11 aliphatic heterocycles. The van der Waals surface area contributed by atoms with Crippen molar-refractivity contribution >= 4 is 26.7 Å². The van der Waals surface area contributed by atoms with E-state index < -0.39 is 166 Å². The van der Waals surface area contributed by atoms with Gasteiger partial charge in [-0.2, -0.15) is 16.8 Å². The van der Waals surface area contributed by atoms with Gasteiger partial charge in [0.25, 0.3) is 0 Å². The minimum atomic E-state index is -4.96. The van der Waals surface area contributed by atoms with E-state index in [4.69, 9.17) is 61.4 Å². The lowest BCUT2D eigenvalue weighted by Crippen LogP contribution is -2.74. The number of ether oxygens (including phenoxy) is 11. The van der Waals surface area contributed by atoms with Crippen LogP contribution in [0, 0.1) is 5.92 Å². The second-order valence-electron chi connectivity index (χ2n) is 28.1. The van der Waals surface area contributed by atoms with Crippen LogP contribution in [-0.2, 0) is 86.1 Å². The average Bonchev–Trinajstić information content (AvgIpc) is 1.18. The lowest BCUT2D eigenvalue weighted by molar-refractivity contribution is -0.369. The molecule has 11 saturated heterocycles. The van der Waals surface area contributed by atoms with E-state index in [1.807, 2.05) is 6.92 Å². The van der Waals surface area contributed by atoms with E-state index in [9.17, 15) is 51.2 Å². The lowest BCUT2D eigenvalue weighted by atomic mass is 9.72. The van der Waals surface area contributed by atoms with Crippen molar-refractivity contribution in [2.45, 2.75) is 307 Å². The summed E-state index contributed by atoms with van der Waals surface area (Å²) in [5, 5.41) is 55.7. The van der Waals surface area contributed by atoms with E-state index in [0.717, 1.165) is 6.42 Å². The number of carbonyl (C=O) groups excluding carboxylic acids is 1. The predicted molar refractivity (Wildman–Crippen MR) is 307 cm³/mol. The lowest BCUT2D eigenvalue weighted by Gasteiger charge is -2.61. The monoisotopic (exact) mass is 1290 g/mol. The molecule has 500 valence electrons. The van der Waals surface area contributed by atoms with Gasteiger partial charge in [0.2, 0.25) is 5.91 Å².